The number of aliphatic carboxylic acids is 1. The Morgan fingerprint density at radius 1 is 1.00 bits per heavy atom. The van der Waals surface area contributed by atoms with E-state index in [0.29, 0.717) is 0 Å². The summed E-state index contributed by atoms with van der Waals surface area (Å²) in [6.45, 7) is 0.562. The Hall–Kier alpha value is -3.39. The molecule has 2 amide bonds. The zero-order valence-electron chi connectivity index (χ0n) is 18.7. The maximum atomic E-state index is 12.8. The van der Waals surface area contributed by atoms with Gasteiger partial charge in [-0.3, -0.25) is 9.59 Å². The van der Waals surface area contributed by atoms with Crippen LogP contribution in [0.15, 0.2) is 48.5 Å². The number of rotatable bonds is 8. The summed E-state index contributed by atoms with van der Waals surface area (Å²) < 4.78 is 11.1. The van der Waals surface area contributed by atoms with E-state index >= 15 is 0 Å². The summed E-state index contributed by atoms with van der Waals surface area (Å²) in [6, 6.07) is 15.3. The standard InChI is InChI=1S/C26H28N2O6/c29-24(30)11-22(15-9-10-15)27-25(31)21-12-33-14-23(21)28-26(32)34-13-20-18-7-3-1-5-16(18)17-6-2-4-8-19(17)20/h1-8,15,20-23H,9-14H2,(H,27,31)(H,28,32)(H,29,30). The van der Waals surface area contributed by atoms with Gasteiger partial charge in [0.25, 0.3) is 0 Å². The molecule has 0 bridgehead atoms. The number of carboxylic acid groups (broad SMARTS) is 1. The number of benzene rings is 2. The molecule has 3 aliphatic rings. The molecule has 2 aliphatic carbocycles. The van der Waals surface area contributed by atoms with Crippen LogP contribution in [0.25, 0.3) is 11.1 Å². The van der Waals surface area contributed by atoms with Crippen molar-refractivity contribution in [3.63, 3.8) is 0 Å². The van der Waals surface area contributed by atoms with Gasteiger partial charge in [0.1, 0.15) is 6.61 Å². The van der Waals surface area contributed by atoms with Gasteiger partial charge in [-0.25, -0.2) is 4.79 Å². The quantitative estimate of drug-likeness (QED) is 0.554. The van der Waals surface area contributed by atoms with E-state index in [2.05, 4.69) is 34.9 Å². The number of ether oxygens (including phenoxy) is 2. The minimum Gasteiger partial charge on any atom is -0.481 e. The van der Waals surface area contributed by atoms with Crippen molar-refractivity contribution in [1.29, 1.82) is 0 Å². The molecule has 0 radical (unpaired) electrons. The predicted molar refractivity (Wildman–Crippen MR) is 123 cm³/mol. The molecule has 2 aromatic rings. The Morgan fingerprint density at radius 2 is 1.65 bits per heavy atom. The second kappa shape index (κ2) is 9.46. The molecule has 3 atom stereocenters. The summed E-state index contributed by atoms with van der Waals surface area (Å²) in [5.41, 5.74) is 4.56. The number of hydrogen-bond acceptors (Lipinski definition) is 5. The number of amides is 2. The summed E-state index contributed by atoms with van der Waals surface area (Å²) >= 11 is 0. The van der Waals surface area contributed by atoms with Crippen molar-refractivity contribution in [2.75, 3.05) is 19.8 Å². The minimum atomic E-state index is -0.937. The van der Waals surface area contributed by atoms with E-state index in [4.69, 9.17) is 14.6 Å². The molecule has 0 aromatic heterocycles. The van der Waals surface area contributed by atoms with Gasteiger partial charge >= 0.3 is 12.1 Å². The molecule has 1 saturated carbocycles. The second-order valence-electron chi connectivity index (χ2n) is 9.27. The Labute approximate surface area is 197 Å². The highest BCUT2D eigenvalue weighted by atomic mass is 16.5. The van der Waals surface area contributed by atoms with E-state index in [0.717, 1.165) is 35.1 Å². The van der Waals surface area contributed by atoms with Gasteiger partial charge in [0.15, 0.2) is 0 Å². The smallest absolute Gasteiger partial charge is 0.407 e. The molecule has 5 rings (SSSR count). The normalized spacial score (nSPS) is 21.9. The molecular weight excluding hydrogens is 436 g/mol. The molecule has 8 heteroatoms. The number of carbonyl (C=O) groups excluding carboxylic acids is 2. The fraction of sp³-hybridized carbons (Fsp3) is 0.423. The van der Waals surface area contributed by atoms with Crippen LogP contribution in [0.4, 0.5) is 4.79 Å². The van der Waals surface area contributed by atoms with Gasteiger partial charge < -0.3 is 25.2 Å². The summed E-state index contributed by atoms with van der Waals surface area (Å²) in [5, 5.41) is 14.8. The van der Waals surface area contributed by atoms with Gasteiger partial charge in [-0.2, -0.15) is 0 Å². The summed E-state index contributed by atoms with van der Waals surface area (Å²) in [5.74, 6) is -1.66. The molecule has 3 unspecified atom stereocenters. The van der Waals surface area contributed by atoms with E-state index in [9.17, 15) is 14.4 Å². The largest absolute Gasteiger partial charge is 0.481 e. The first kappa shape index (κ1) is 22.4. The average molecular weight is 465 g/mol. The van der Waals surface area contributed by atoms with Crippen LogP contribution in [0.5, 0.6) is 0 Å². The highest BCUT2D eigenvalue weighted by Crippen LogP contribution is 2.44. The topological polar surface area (TPSA) is 114 Å². The van der Waals surface area contributed by atoms with Crippen LogP contribution < -0.4 is 10.6 Å². The Balaban J connectivity index is 1.19. The number of nitrogens with one attached hydrogen (secondary N) is 2. The van der Waals surface area contributed by atoms with Gasteiger partial charge in [-0.15, -0.1) is 0 Å². The van der Waals surface area contributed by atoms with Crippen LogP contribution in [0.1, 0.15) is 36.3 Å². The van der Waals surface area contributed by atoms with Crippen LogP contribution in [0, 0.1) is 11.8 Å². The lowest BCUT2D eigenvalue weighted by Crippen LogP contribution is -2.49. The van der Waals surface area contributed by atoms with Crippen LogP contribution in [-0.4, -0.2) is 55.0 Å². The fourth-order valence-corrected chi connectivity index (χ4v) is 5.06. The molecule has 2 aromatic carbocycles. The van der Waals surface area contributed by atoms with E-state index in [1.165, 1.54) is 0 Å². The van der Waals surface area contributed by atoms with Crippen LogP contribution in [0.3, 0.4) is 0 Å². The van der Waals surface area contributed by atoms with Gasteiger partial charge in [0.05, 0.1) is 31.6 Å². The van der Waals surface area contributed by atoms with Crippen LogP contribution >= 0.6 is 0 Å². The van der Waals surface area contributed by atoms with Gasteiger partial charge in [0.2, 0.25) is 5.91 Å². The minimum absolute atomic E-state index is 0.0487. The molecule has 178 valence electrons. The van der Waals surface area contributed by atoms with Crippen molar-refractivity contribution in [3.8, 4) is 11.1 Å². The van der Waals surface area contributed by atoms with Crippen molar-refractivity contribution in [3.05, 3.63) is 59.7 Å². The third-order valence-corrected chi connectivity index (χ3v) is 6.98. The molecule has 1 aliphatic heterocycles. The highest BCUT2D eigenvalue weighted by molar-refractivity contribution is 5.82. The highest BCUT2D eigenvalue weighted by Gasteiger charge is 2.40. The van der Waals surface area contributed by atoms with Crippen molar-refractivity contribution in [2.24, 2.45) is 11.8 Å². The lowest BCUT2D eigenvalue weighted by Gasteiger charge is -2.23. The van der Waals surface area contributed by atoms with E-state index in [1.54, 1.807) is 0 Å². The lowest BCUT2D eigenvalue weighted by atomic mass is 9.98. The van der Waals surface area contributed by atoms with E-state index in [-0.39, 0.29) is 50.0 Å². The molecular formula is C26H28N2O6. The lowest BCUT2D eigenvalue weighted by molar-refractivity contribution is -0.138. The summed E-state index contributed by atoms with van der Waals surface area (Å²) in [7, 11) is 0. The maximum absolute atomic E-state index is 12.8. The monoisotopic (exact) mass is 464 g/mol. The second-order valence-corrected chi connectivity index (χ2v) is 9.27. The van der Waals surface area contributed by atoms with Gasteiger partial charge in [-0.1, -0.05) is 48.5 Å². The Kier molecular flexibility index (Phi) is 6.24. The van der Waals surface area contributed by atoms with Crippen molar-refractivity contribution in [1.82, 2.24) is 10.6 Å². The van der Waals surface area contributed by atoms with Crippen LogP contribution in [0.2, 0.25) is 0 Å². The van der Waals surface area contributed by atoms with E-state index in [1.807, 2.05) is 24.3 Å². The van der Waals surface area contributed by atoms with E-state index < -0.39 is 24.0 Å². The number of carbonyl (C=O) groups is 3. The number of hydrogen-bond donors (Lipinski definition) is 3. The molecule has 34 heavy (non-hydrogen) atoms. The first-order valence-electron chi connectivity index (χ1n) is 11.7. The average Bonchev–Trinajstić information content (AvgIpc) is 3.49. The van der Waals surface area contributed by atoms with Crippen molar-refractivity contribution < 1.29 is 29.0 Å². The SMILES string of the molecule is O=C(O)CC(NC(=O)C1COCC1NC(=O)OCC1c2ccccc2-c2ccccc21)C1CC1. The third-order valence-electron chi connectivity index (χ3n) is 6.98. The van der Waals surface area contributed by atoms with Gasteiger partial charge in [0, 0.05) is 12.0 Å². The molecule has 1 heterocycles. The first-order chi connectivity index (χ1) is 16.5. The van der Waals surface area contributed by atoms with Crippen LogP contribution in [-0.2, 0) is 19.1 Å². The summed E-state index contributed by atoms with van der Waals surface area (Å²) in [4.78, 5) is 36.6. The van der Waals surface area contributed by atoms with Crippen molar-refractivity contribution >= 4 is 18.0 Å². The van der Waals surface area contributed by atoms with Crippen molar-refractivity contribution in [2.45, 2.75) is 37.3 Å². The molecule has 3 N–H and O–H groups in total. The Bertz CT molecular complexity index is 1050. The Morgan fingerprint density at radius 3 is 2.26 bits per heavy atom. The molecule has 1 saturated heterocycles. The first-order valence-corrected chi connectivity index (χ1v) is 11.7. The fourth-order valence-electron chi connectivity index (χ4n) is 5.06. The summed E-state index contributed by atoms with van der Waals surface area (Å²) in [6.07, 6.45) is 1.13. The molecule has 0 spiro atoms. The third kappa shape index (κ3) is 4.63. The number of fused-ring (bicyclic) bond motifs is 3. The molecule has 8 nitrogen and oxygen atoms in total. The predicted octanol–water partition coefficient (Wildman–Crippen LogP) is 2.91. The maximum Gasteiger partial charge on any atom is 0.407 e. The molecule has 2 fully saturated rings. The van der Waals surface area contributed by atoms with Gasteiger partial charge in [-0.05, 0) is 41.0 Å². The number of alkyl carbamates (subject to hydrolysis) is 1. The zero-order chi connectivity index (χ0) is 23.7. The zero-order valence-corrected chi connectivity index (χ0v) is 18.7. The number of carboxylic acids is 1.